The summed E-state index contributed by atoms with van der Waals surface area (Å²) < 4.78 is 0. The molecule has 88 valence electrons. The first-order valence-electron chi connectivity index (χ1n) is 4.81. The van der Waals surface area contributed by atoms with Crippen molar-refractivity contribution in [2.24, 2.45) is 0 Å². The summed E-state index contributed by atoms with van der Waals surface area (Å²) in [6.07, 6.45) is 0. The van der Waals surface area contributed by atoms with E-state index in [1.807, 2.05) is 0 Å². The molecule has 0 saturated heterocycles. The number of carbonyl (C=O) groups is 1. The molecule has 1 aromatic rings. The van der Waals surface area contributed by atoms with E-state index in [4.69, 9.17) is 5.21 Å². The fourth-order valence-electron chi connectivity index (χ4n) is 0.996. The normalized spacial score (nSPS) is 13.3. The standard InChI is InChI=1S/C10H15N3O3/c1-10(2,11)9(14)12-7-3-5-8(6-4-7)13(15)16/h3-6,13,15H,11H2,1-2H3,(H,12,14)/p+1. The molecule has 1 atom stereocenters. The zero-order valence-electron chi connectivity index (χ0n) is 9.28. The smallest absolute Gasteiger partial charge is 0.285 e. The maximum Gasteiger partial charge on any atom is 0.285 e. The average Bonchev–Trinajstić information content (AvgIpc) is 2.17. The molecule has 1 rings (SSSR count). The van der Waals surface area contributed by atoms with Crippen molar-refractivity contribution in [2.45, 2.75) is 19.4 Å². The van der Waals surface area contributed by atoms with Crippen molar-refractivity contribution in [3.63, 3.8) is 0 Å². The van der Waals surface area contributed by atoms with Gasteiger partial charge < -0.3 is 16.3 Å². The minimum absolute atomic E-state index is 0.187. The summed E-state index contributed by atoms with van der Waals surface area (Å²) >= 11 is 0. The van der Waals surface area contributed by atoms with E-state index in [9.17, 15) is 10.0 Å². The molecule has 1 unspecified atom stereocenters. The van der Waals surface area contributed by atoms with Crippen LogP contribution in [-0.4, -0.2) is 16.7 Å². The molecule has 0 bridgehead atoms. The van der Waals surface area contributed by atoms with Crippen LogP contribution in [0.15, 0.2) is 24.3 Å². The molecule has 1 aromatic carbocycles. The first-order valence-corrected chi connectivity index (χ1v) is 4.81. The van der Waals surface area contributed by atoms with Gasteiger partial charge in [0.2, 0.25) is 0 Å². The Morgan fingerprint density at radius 1 is 1.44 bits per heavy atom. The summed E-state index contributed by atoms with van der Waals surface area (Å²) in [5.41, 5.74) is 3.74. The Morgan fingerprint density at radius 3 is 2.31 bits per heavy atom. The van der Waals surface area contributed by atoms with Gasteiger partial charge in [-0.15, -0.1) is 0 Å². The average molecular weight is 226 g/mol. The summed E-state index contributed by atoms with van der Waals surface area (Å²) in [4.78, 5) is 11.6. The molecule has 0 aliphatic carbocycles. The van der Waals surface area contributed by atoms with Crippen LogP contribution < -0.4 is 16.3 Å². The van der Waals surface area contributed by atoms with Gasteiger partial charge in [0.1, 0.15) is 0 Å². The maximum absolute atomic E-state index is 11.6. The van der Waals surface area contributed by atoms with Gasteiger partial charge in [-0.05, 0) is 26.0 Å². The molecule has 16 heavy (non-hydrogen) atoms. The van der Waals surface area contributed by atoms with E-state index in [-0.39, 0.29) is 11.6 Å². The fraction of sp³-hybridized carbons (Fsp3) is 0.300. The Bertz CT molecular complexity index is 368. The number of carbonyl (C=O) groups excluding carboxylic acids is 1. The van der Waals surface area contributed by atoms with Crippen LogP contribution in [0.2, 0.25) is 0 Å². The number of hydrogen-bond acceptors (Lipinski definition) is 3. The van der Waals surface area contributed by atoms with Crippen LogP contribution in [0.1, 0.15) is 13.8 Å². The second-order valence-electron chi connectivity index (χ2n) is 4.22. The van der Waals surface area contributed by atoms with Crippen molar-refractivity contribution >= 4 is 17.3 Å². The maximum atomic E-state index is 11.6. The van der Waals surface area contributed by atoms with E-state index in [0.29, 0.717) is 5.69 Å². The number of quaternary nitrogens is 2. The summed E-state index contributed by atoms with van der Waals surface area (Å²) in [7, 11) is 0. The van der Waals surface area contributed by atoms with Crippen LogP contribution in [0.25, 0.3) is 0 Å². The molecule has 6 heteroatoms. The lowest BCUT2D eigenvalue weighted by molar-refractivity contribution is -0.991. The van der Waals surface area contributed by atoms with Gasteiger partial charge in [0, 0.05) is 17.8 Å². The topological polar surface area (TPSA) is 104 Å². The highest BCUT2D eigenvalue weighted by Crippen LogP contribution is 2.11. The van der Waals surface area contributed by atoms with Gasteiger partial charge in [-0.3, -0.25) is 4.79 Å². The molecular weight excluding hydrogens is 210 g/mol. The third-order valence-electron chi connectivity index (χ3n) is 2.00. The van der Waals surface area contributed by atoms with Crippen LogP contribution >= 0.6 is 0 Å². The Labute approximate surface area is 93.2 Å². The lowest BCUT2D eigenvalue weighted by Crippen LogP contribution is -2.99. The molecule has 0 heterocycles. The highest BCUT2D eigenvalue weighted by atomic mass is 16.8. The predicted octanol–water partition coefficient (Wildman–Crippen LogP) is -0.951. The molecule has 0 fully saturated rings. The molecule has 6 N–H and O–H groups in total. The molecule has 0 saturated carbocycles. The van der Waals surface area contributed by atoms with Gasteiger partial charge in [0.15, 0.2) is 11.2 Å². The first-order chi connectivity index (χ1) is 7.30. The van der Waals surface area contributed by atoms with Gasteiger partial charge in [0.05, 0.1) is 0 Å². The minimum Gasteiger partial charge on any atom is -0.595 e. The van der Waals surface area contributed by atoms with Crippen LogP contribution in [0.3, 0.4) is 0 Å². The number of hydrogen-bond donors (Lipinski definition) is 4. The Kier molecular flexibility index (Phi) is 3.61. The highest BCUT2D eigenvalue weighted by molar-refractivity contribution is 5.96. The zero-order chi connectivity index (χ0) is 12.3. The van der Waals surface area contributed by atoms with Crippen molar-refractivity contribution in [3.05, 3.63) is 29.5 Å². The number of amides is 1. The molecule has 0 aliphatic heterocycles. The summed E-state index contributed by atoms with van der Waals surface area (Å²) in [6.45, 7) is 3.40. The monoisotopic (exact) mass is 226 g/mol. The molecule has 1 amide bonds. The second-order valence-corrected chi connectivity index (χ2v) is 4.22. The summed E-state index contributed by atoms with van der Waals surface area (Å²) in [6, 6.07) is 5.97. The zero-order valence-corrected chi connectivity index (χ0v) is 9.28. The van der Waals surface area contributed by atoms with E-state index in [2.05, 4.69) is 11.1 Å². The number of benzene rings is 1. The molecular formula is C10H16N3O3+. The second kappa shape index (κ2) is 4.58. The molecule has 0 aliphatic rings. The van der Waals surface area contributed by atoms with Gasteiger partial charge in [-0.2, -0.15) is 5.23 Å². The third-order valence-corrected chi connectivity index (χ3v) is 2.00. The van der Waals surface area contributed by atoms with Crippen LogP contribution in [0, 0.1) is 5.21 Å². The van der Waals surface area contributed by atoms with Crippen molar-refractivity contribution in [1.29, 1.82) is 0 Å². The number of rotatable bonds is 3. The molecule has 0 radical (unpaired) electrons. The first kappa shape index (κ1) is 12.6. The summed E-state index contributed by atoms with van der Waals surface area (Å²) in [5.74, 6) is -0.212. The molecule has 0 aromatic heterocycles. The van der Waals surface area contributed by atoms with Crippen molar-refractivity contribution < 1.29 is 21.0 Å². The van der Waals surface area contributed by atoms with E-state index in [0.717, 1.165) is 0 Å². The third kappa shape index (κ3) is 3.28. The van der Waals surface area contributed by atoms with Crippen molar-refractivity contribution in [2.75, 3.05) is 5.32 Å². The minimum atomic E-state index is -0.990. The predicted molar refractivity (Wildman–Crippen MR) is 57.8 cm³/mol. The van der Waals surface area contributed by atoms with E-state index < -0.39 is 10.8 Å². The van der Waals surface area contributed by atoms with Gasteiger partial charge in [-0.1, -0.05) is 0 Å². The summed E-state index contributed by atoms with van der Waals surface area (Å²) in [5, 5.41) is 20.9. The number of anilines is 1. The van der Waals surface area contributed by atoms with Gasteiger partial charge in [0.25, 0.3) is 5.91 Å². The fourth-order valence-corrected chi connectivity index (χ4v) is 0.996. The van der Waals surface area contributed by atoms with Crippen molar-refractivity contribution in [3.8, 4) is 0 Å². The lowest BCUT2D eigenvalue weighted by atomic mass is 10.1. The van der Waals surface area contributed by atoms with E-state index in [1.54, 1.807) is 26.0 Å². The lowest BCUT2D eigenvalue weighted by Gasteiger charge is -2.15. The van der Waals surface area contributed by atoms with Crippen molar-refractivity contribution in [1.82, 2.24) is 0 Å². The SMILES string of the molecule is CC(C)([NH3+])C(=O)Nc1ccc([NH+]([O-])O)cc1. The van der Waals surface area contributed by atoms with Gasteiger partial charge >= 0.3 is 0 Å². The van der Waals surface area contributed by atoms with E-state index >= 15 is 0 Å². The van der Waals surface area contributed by atoms with Crippen LogP contribution in [0.4, 0.5) is 11.4 Å². The largest absolute Gasteiger partial charge is 0.595 e. The Balaban J connectivity index is 2.73. The number of nitrogens with one attached hydrogen (secondary N) is 2. The van der Waals surface area contributed by atoms with Gasteiger partial charge in [-0.25, -0.2) is 5.21 Å². The highest BCUT2D eigenvalue weighted by Gasteiger charge is 2.26. The quantitative estimate of drug-likeness (QED) is 0.499. The van der Waals surface area contributed by atoms with Crippen LogP contribution in [-0.2, 0) is 4.79 Å². The van der Waals surface area contributed by atoms with Crippen LogP contribution in [0.5, 0.6) is 0 Å². The van der Waals surface area contributed by atoms with E-state index in [1.165, 1.54) is 12.1 Å². The Morgan fingerprint density at radius 2 is 1.94 bits per heavy atom. The Hall–Kier alpha value is -1.47. The molecule has 0 spiro atoms. The molecule has 6 nitrogen and oxygen atoms in total.